The number of nitriles is 1. The third kappa shape index (κ3) is 4.19. The summed E-state index contributed by atoms with van der Waals surface area (Å²) in [4.78, 5) is 7.88. The predicted molar refractivity (Wildman–Crippen MR) is 48.6 cm³/mol. The molecule has 0 radical (unpaired) electrons. The highest BCUT2D eigenvalue weighted by atomic mass is 14.9. The van der Waals surface area contributed by atoms with Gasteiger partial charge in [-0.1, -0.05) is 0 Å². The normalized spacial score (nSPS) is 9.46. The lowest BCUT2D eigenvalue weighted by Gasteiger charge is -2.00. The largest absolute Gasteiger partial charge is 0.311 e. The van der Waals surface area contributed by atoms with Crippen LogP contribution in [0.25, 0.3) is 0 Å². The molecule has 0 aliphatic carbocycles. The highest BCUT2D eigenvalue weighted by Gasteiger charge is 1.91. The Hall–Kier alpha value is -1.47. The second kappa shape index (κ2) is 6.09. The van der Waals surface area contributed by atoms with Gasteiger partial charge in [0.25, 0.3) is 0 Å². The van der Waals surface area contributed by atoms with Crippen LogP contribution in [0, 0.1) is 11.3 Å². The third-order valence-corrected chi connectivity index (χ3v) is 1.59. The van der Waals surface area contributed by atoms with E-state index in [-0.39, 0.29) is 0 Å². The van der Waals surface area contributed by atoms with Crippen LogP contribution in [0.3, 0.4) is 0 Å². The van der Waals surface area contributed by atoms with Crippen molar-refractivity contribution < 1.29 is 0 Å². The first-order valence-electron chi connectivity index (χ1n) is 4.26. The molecular weight excluding hydrogens is 164 g/mol. The summed E-state index contributed by atoms with van der Waals surface area (Å²) in [5, 5.41) is 11.5. The minimum atomic E-state index is 0.608. The number of nitrogens with zero attached hydrogens (tertiary/aromatic N) is 3. The molecule has 0 bridgehead atoms. The standard InChI is InChI=1S/C9H12N4/c10-4-1-2-5-11-7-9-3-6-12-8-13-9/h3,6,8,11H,1-2,5,7H2. The molecular formula is C9H12N4. The Morgan fingerprint density at radius 1 is 1.54 bits per heavy atom. The summed E-state index contributed by atoms with van der Waals surface area (Å²) in [6.45, 7) is 1.60. The average molecular weight is 176 g/mol. The van der Waals surface area contributed by atoms with Crippen molar-refractivity contribution in [3.63, 3.8) is 0 Å². The number of nitrogens with one attached hydrogen (secondary N) is 1. The molecule has 0 fully saturated rings. The second-order valence-electron chi connectivity index (χ2n) is 2.64. The molecule has 0 amide bonds. The van der Waals surface area contributed by atoms with E-state index in [1.54, 1.807) is 6.20 Å². The van der Waals surface area contributed by atoms with Gasteiger partial charge in [-0.15, -0.1) is 0 Å². The quantitative estimate of drug-likeness (QED) is 0.676. The first kappa shape index (κ1) is 9.62. The summed E-state index contributed by atoms with van der Waals surface area (Å²) in [5.74, 6) is 0. The minimum Gasteiger partial charge on any atom is -0.311 e. The maximum absolute atomic E-state index is 8.28. The molecule has 1 rings (SSSR count). The molecule has 0 aliphatic rings. The maximum Gasteiger partial charge on any atom is 0.115 e. The van der Waals surface area contributed by atoms with E-state index in [1.165, 1.54) is 6.33 Å². The Kier molecular flexibility index (Phi) is 4.51. The van der Waals surface area contributed by atoms with E-state index in [9.17, 15) is 0 Å². The van der Waals surface area contributed by atoms with Crippen LogP contribution in [0.5, 0.6) is 0 Å². The molecule has 1 heterocycles. The van der Waals surface area contributed by atoms with E-state index < -0.39 is 0 Å². The smallest absolute Gasteiger partial charge is 0.115 e. The Labute approximate surface area is 77.6 Å². The molecule has 0 atom stereocenters. The first-order valence-corrected chi connectivity index (χ1v) is 4.26. The van der Waals surface area contributed by atoms with Crippen molar-refractivity contribution >= 4 is 0 Å². The fraction of sp³-hybridized carbons (Fsp3) is 0.444. The monoisotopic (exact) mass is 176 g/mol. The lowest BCUT2D eigenvalue weighted by Crippen LogP contribution is -2.15. The van der Waals surface area contributed by atoms with Gasteiger partial charge in [0.05, 0.1) is 11.8 Å². The number of aromatic nitrogens is 2. The lowest BCUT2D eigenvalue weighted by atomic mass is 10.3. The van der Waals surface area contributed by atoms with Crippen molar-refractivity contribution in [1.82, 2.24) is 15.3 Å². The van der Waals surface area contributed by atoms with Crippen LogP contribution in [-0.2, 0) is 6.54 Å². The second-order valence-corrected chi connectivity index (χ2v) is 2.64. The third-order valence-electron chi connectivity index (χ3n) is 1.59. The molecule has 1 aromatic rings. The Bertz CT molecular complexity index is 265. The number of hydrogen-bond donors (Lipinski definition) is 1. The van der Waals surface area contributed by atoms with Crippen LogP contribution >= 0.6 is 0 Å². The molecule has 1 N–H and O–H groups in total. The number of rotatable bonds is 5. The van der Waals surface area contributed by atoms with Gasteiger partial charge >= 0.3 is 0 Å². The van der Waals surface area contributed by atoms with Crippen molar-refractivity contribution in [3.8, 4) is 6.07 Å². The fourth-order valence-electron chi connectivity index (χ4n) is 0.932. The van der Waals surface area contributed by atoms with E-state index in [4.69, 9.17) is 5.26 Å². The summed E-state index contributed by atoms with van der Waals surface area (Å²) < 4.78 is 0. The molecule has 13 heavy (non-hydrogen) atoms. The Morgan fingerprint density at radius 3 is 3.15 bits per heavy atom. The van der Waals surface area contributed by atoms with Crippen LogP contribution in [0.1, 0.15) is 18.5 Å². The molecule has 4 nitrogen and oxygen atoms in total. The van der Waals surface area contributed by atoms with Gasteiger partial charge in [0.15, 0.2) is 0 Å². The zero-order chi connectivity index (χ0) is 9.36. The zero-order valence-corrected chi connectivity index (χ0v) is 7.40. The molecule has 0 spiro atoms. The van der Waals surface area contributed by atoms with Crippen LogP contribution in [-0.4, -0.2) is 16.5 Å². The van der Waals surface area contributed by atoms with Gasteiger partial charge < -0.3 is 5.32 Å². The predicted octanol–water partition coefficient (Wildman–Crippen LogP) is 0.870. The van der Waals surface area contributed by atoms with Crippen molar-refractivity contribution in [2.75, 3.05) is 6.54 Å². The van der Waals surface area contributed by atoms with E-state index in [0.717, 1.165) is 25.2 Å². The van der Waals surface area contributed by atoms with Crippen LogP contribution in [0.2, 0.25) is 0 Å². The van der Waals surface area contributed by atoms with Crippen molar-refractivity contribution in [3.05, 3.63) is 24.3 Å². The zero-order valence-electron chi connectivity index (χ0n) is 7.40. The SMILES string of the molecule is N#CCCCNCc1ccncn1. The summed E-state index contributed by atoms with van der Waals surface area (Å²) in [7, 11) is 0. The van der Waals surface area contributed by atoms with E-state index in [1.807, 2.05) is 6.07 Å². The van der Waals surface area contributed by atoms with Crippen molar-refractivity contribution in [2.45, 2.75) is 19.4 Å². The van der Waals surface area contributed by atoms with Crippen LogP contribution in [0.15, 0.2) is 18.6 Å². The molecule has 0 aromatic carbocycles. The molecule has 1 aromatic heterocycles. The van der Waals surface area contributed by atoms with Gasteiger partial charge in [0, 0.05) is 19.2 Å². The number of hydrogen-bond acceptors (Lipinski definition) is 4. The van der Waals surface area contributed by atoms with E-state index >= 15 is 0 Å². The maximum atomic E-state index is 8.28. The van der Waals surface area contributed by atoms with Crippen LogP contribution < -0.4 is 5.32 Å². The Balaban J connectivity index is 2.11. The highest BCUT2D eigenvalue weighted by molar-refractivity contribution is 4.96. The molecule has 0 aliphatic heterocycles. The fourth-order valence-corrected chi connectivity index (χ4v) is 0.932. The van der Waals surface area contributed by atoms with Gasteiger partial charge in [-0.3, -0.25) is 0 Å². The van der Waals surface area contributed by atoms with Crippen LogP contribution in [0.4, 0.5) is 0 Å². The Morgan fingerprint density at radius 2 is 2.46 bits per heavy atom. The highest BCUT2D eigenvalue weighted by Crippen LogP contribution is 1.90. The molecule has 0 saturated carbocycles. The summed E-state index contributed by atoms with van der Waals surface area (Å²) in [6, 6.07) is 3.97. The molecule has 68 valence electrons. The summed E-state index contributed by atoms with van der Waals surface area (Å²) >= 11 is 0. The lowest BCUT2D eigenvalue weighted by molar-refractivity contribution is 0.647. The summed E-state index contributed by atoms with van der Waals surface area (Å²) in [5.41, 5.74) is 0.979. The van der Waals surface area contributed by atoms with Gasteiger partial charge in [-0.05, 0) is 19.0 Å². The van der Waals surface area contributed by atoms with Gasteiger partial charge in [0.2, 0.25) is 0 Å². The summed E-state index contributed by atoms with van der Waals surface area (Å²) in [6.07, 6.45) is 4.75. The van der Waals surface area contributed by atoms with Gasteiger partial charge in [-0.2, -0.15) is 5.26 Å². The first-order chi connectivity index (χ1) is 6.43. The number of unbranched alkanes of at least 4 members (excludes halogenated alkanes) is 1. The van der Waals surface area contributed by atoms with Gasteiger partial charge in [0.1, 0.15) is 6.33 Å². The van der Waals surface area contributed by atoms with E-state index in [2.05, 4.69) is 21.4 Å². The molecule has 0 unspecified atom stereocenters. The van der Waals surface area contributed by atoms with Gasteiger partial charge in [-0.25, -0.2) is 9.97 Å². The molecule has 4 heteroatoms. The van der Waals surface area contributed by atoms with Crippen molar-refractivity contribution in [1.29, 1.82) is 5.26 Å². The topological polar surface area (TPSA) is 61.6 Å². The average Bonchev–Trinajstić information content (AvgIpc) is 2.19. The minimum absolute atomic E-state index is 0.608. The van der Waals surface area contributed by atoms with E-state index in [0.29, 0.717) is 6.42 Å². The molecule has 0 saturated heterocycles. The van der Waals surface area contributed by atoms with Crippen molar-refractivity contribution in [2.24, 2.45) is 0 Å².